The molecule has 0 spiro atoms. The first-order valence-electron chi connectivity index (χ1n) is 6.08. The van der Waals surface area contributed by atoms with E-state index < -0.39 is 0 Å². The molecule has 0 unspecified atom stereocenters. The fraction of sp³-hybridized carbons (Fsp3) is 0.462. The predicted octanol–water partition coefficient (Wildman–Crippen LogP) is 1.12. The first-order chi connectivity index (χ1) is 9.17. The van der Waals surface area contributed by atoms with Crippen LogP contribution in [0.2, 0.25) is 0 Å². The molecule has 1 aromatic rings. The summed E-state index contributed by atoms with van der Waals surface area (Å²) in [6.45, 7) is 0.800. The van der Waals surface area contributed by atoms with Crippen LogP contribution in [0.25, 0.3) is 0 Å². The number of amides is 1. The number of hydrogen-bond acceptors (Lipinski definition) is 5. The second-order valence-corrected chi connectivity index (χ2v) is 5.17. The maximum Gasteiger partial charge on any atom is 0.251 e. The molecule has 0 saturated heterocycles. The van der Waals surface area contributed by atoms with Gasteiger partial charge in [0.25, 0.3) is 5.91 Å². The van der Waals surface area contributed by atoms with Gasteiger partial charge in [0.1, 0.15) is 5.75 Å². The third-order valence-electron chi connectivity index (χ3n) is 2.41. The minimum atomic E-state index is -0.159. The lowest BCUT2D eigenvalue weighted by Gasteiger charge is -2.08. The summed E-state index contributed by atoms with van der Waals surface area (Å²) in [6, 6.07) is 4.95. The molecule has 106 valence electrons. The van der Waals surface area contributed by atoms with Gasteiger partial charge in [-0.1, -0.05) is 0 Å². The SMILES string of the molecule is COc1cc(N)cc(C(=O)NCCSCCCO)c1. The quantitative estimate of drug-likeness (QED) is 0.492. The molecule has 1 amide bonds. The molecule has 6 heteroatoms. The lowest BCUT2D eigenvalue weighted by Crippen LogP contribution is -2.26. The normalized spacial score (nSPS) is 10.2. The van der Waals surface area contributed by atoms with Gasteiger partial charge in [0.2, 0.25) is 0 Å². The highest BCUT2D eigenvalue weighted by Crippen LogP contribution is 2.18. The van der Waals surface area contributed by atoms with Crippen LogP contribution in [0.4, 0.5) is 5.69 Å². The summed E-state index contributed by atoms with van der Waals surface area (Å²) in [5.74, 6) is 2.14. The monoisotopic (exact) mass is 284 g/mol. The molecule has 19 heavy (non-hydrogen) atoms. The molecule has 0 heterocycles. The smallest absolute Gasteiger partial charge is 0.251 e. The zero-order valence-electron chi connectivity index (χ0n) is 11.0. The van der Waals surface area contributed by atoms with E-state index >= 15 is 0 Å². The topological polar surface area (TPSA) is 84.6 Å². The average Bonchev–Trinajstić information content (AvgIpc) is 2.41. The summed E-state index contributed by atoms with van der Waals surface area (Å²) >= 11 is 1.70. The van der Waals surface area contributed by atoms with Crippen molar-refractivity contribution < 1.29 is 14.6 Å². The van der Waals surface area contributed by atoms with Crippen molar-refractivity contribution >= 4 is 23.4 Å². The summed E-state index contributed by atoms with van der Waals surface area (Å²) in [5.41, 5.74) is 6.69. The zero-order valence-corrected chi connectivity index (χ0v) is 11.8. The Labute approximate surface area is 117 Å². The number of carbonyl (C=O) groups excluding carboxylic acids is 1. The molecule has 0 saturated carbocycles. The number of aliphatic hydroxyl groups is 1. The molecule has 4 N–H and O–H groups in total. The van der Waals surface area contributed by atoms with E-state index in [1.165, 1.54) is 7.11 Å². The lowest BCUT2D eigenvalue weighted by atomic mass is 10.2. The third-order valence-corrected chi connectivity index (χ3v) is 3.48. The van der Waals surface area contributed by atoms with Crippen molar-refractivity contribution in [1.82, 2.24) is 5.32 Å². The van der Waals surface area contributed by atoms with E-state index in [1.807, 2.05) is 0 Å². The van der Waals surface area contributed by atoms with Gasteiger partial charge in [0.15, 0.2) is 0 Å². The van der Waals surface area contributed by atoms with Crippen molar-refractivity contribution in [1.29, 1.82) is 0 Å². The summed E-state index contributed by atoms with van der Waals surface area (Å²) < 4.78 is 5.07. The van der Waals surface area contributed by atoms with E-state index in [0.717, 1.165) is 17.9 Å². The Kier molecular flexibility index (Phi) is 7.14. The third kappa shape index (κ3) is 5.85. The molecule has 0 radical (unpaired) electrons. The van der Waals surface area contributed by atoms with Crippen molar-refractivity contribution in [3.05, 3.63) is 23.8 Å². The molecule has 1 rings (SSSR count). The molecule has 0 aliphatic heterocycles. The molecule has 0 atom stereocenters. The van der Waals surface area contributed by atoms with Crippen molar-refractivity contribution in [2.45, 2.75) is 6.42 Å². The van der Waals surface area contributed by atoms with Crippen LogP contribution in [0.15, 0.2) is 18.2 Å². The van der Waals surface area contributed by atoms with Crippen LogP contribution < -0.4 is 15.8 Å². The highest BCUT2D eigenvalue weighted by Gasteiger charge is 2.07. The van der Waals surface area contributed by atoms with Crippen LogP contribution in [0, 0.1) is 0 Å². The van der Waals surface area contributed by atoms with Gasteiger partial charge in [-0.15, -0.1) is 0 Å². The van der Waals surface area contributed by atoms with E-state index in [2.05, 4.69) is 5.32 Å². The van der Waals surface area contributed by atoms with E-state index in [0.29, 0.717) is 23.5 Å². The minimum Gasteiger partial charge on any atom is -0.497 e. The van der Waals surface area contributed by atoms with Crippen LogP contribution in [0.3, 0.4) is 0 Å². The van der Waals surface area contributed by atoms with E-state index in [4.69, 9.17) is 15.6 Å². The number of anilines is 1. The number of thioether (sulfide) groups is 1. The van der Waals surface area contributed by atoms with Gasteiger partial charge in [-0.05, 0) is 24.3 Å². The highest BCUT2D eigenvalue weighted by molar-refractivity contribution is 7.99. The summed E-state index contributed by atoms with van der Waals surface area (Å²) in [4.78, 5) is 11.9. The number of ether oxygens (including phenoxy) is 1. The molecule has 0 aromatic heterocycles. The van der Waals surface area contributed by atoms with Crippen molar-refractivity contribution in [2.75, 3.05) is 37.5 Å². The number of carbonyl (C=O) groups is 1. The minimum absolute atomic E-state index is 0.159. The van der Waals surface area contributed by atoms with E-state index in [1.54, 1.807) is 30.0 Å². The molecular formula is C13H20N2O3S. The number of aliphatic hydroxyl groups excluding tert-OH is 1. The number of hydrogen-bond donors (Lipinski definition) is 3. The first-order valence-corrected chi connectivity index (χ1v) is 7.24. The Bertz CT molecular complexity index is 413. The first kappa shape index (κ1) is 15.7. The predicted molar refractivity (Wildman–Crippen MR) is 78.8 cm³/mol. The van der Waals surface area contributed by atoms with Gasteiger partial charge in [0, 0.05) is 36.2 Å². The molecule has 0 fully saturated rings. The highest BCUT2D eigenvalue weighted by atomic mass is 32.2. The molecular weight excluding hydrogens is 264 g/mol. The lowest BCUT2D eigenvalue weighted by molar-refractivity contribution is 0.0956. The van der Waals surface area contributed by atoms with Crippen LogP contribution >= 0.6 is 11.8 Å². The van der Waals surface area contributed by atoms with Crippen molar-refractivity contribution in [3.8, 4) is 5.75 Å². The molecule has 0 aliphatic carbocycles. The van der Waals surface area contributed by atoms with Crippen LogP contribution in [0.5, 0.6) is 5.75 Å². The number of nitrogens with two attached hydrogens (primary N) is 1. The Morgan fingerprint density at radius 1 is 1.42 bits per heavy atom. The maximum atomic E-state index is 11.9. The number of nitrogen functional groups attached to an aromatic ring is 1. The fourth-order valence-electron chi connectivity index (χ4n) is 1.48. The summed E-state index contributed by atoms with van der Waals surface area (Å²) in [5, 5.41) is 11.4. The van der Waals surface area contributed by atoms with Crippen LogP contribution in [-0.2, 0) is 0 Å². The van der Waals surface area contributed by atoms with E-state index in [-0.39, 0.29) is 12.5 Å². The Hall–Kier alpha value is -1.40. The van der Waals surface area contributed by atoms with Crippen LogP contribution in [-0.4, -0.2) is 42.8 Å². The van der Waals surface area contributed by atoms with E-state index in [9.17, 15) is 4.79 Å². The molecule has 0 bridgehead atoms. The van der Waals surface area contributed by atoms with Gasteiger partial charge in [-0.25, -0.2) is 0 Å². The number of methoxy groups -OCH3 is 1. The average molecular weight is 284 g/mol. The van der Waals surface area contributed by atoms with Gasteiger partial charge >= 0.3 is 0 Å². The van der Waals surface area contributed by atoms with Gasteiger partial charge in [0.05, 0.1) is 7.11 Å². The zero-order chi connectivity index (χ0) is 14.1. The maximum absolute atomic E-state index is 11.9. The Morgan fingerprint density at radius 2 is 2.21 bits per heavy atom. The van der Waals surface area contributed by atoms with Crippen molar-refractivity contribution in [2.24, 2.45) is 0 Å². The Balaban J connectivity index is 2.39. The summed E-state index contributed by atoms with van der Waals surface area (Å²) in [6.07, 6.45) is 0.783. The number of nitrogens with one attached hydrogen (secondary N) is 1. The molecule has 1 aromatic carbocycles. The fourth-order valence-corrected chi connectivity index (χ4v) is 2.26. The Morgan fingerprint density at radius 3 is 2.89 bits per heavy atom. The standard InChI is InChI=1S/C13H20N2O3S/c1-18-12-8-10(7-11(14)9-12)13(17)15-3-6-19-5-2-4-16/h7-9,16H,2-6,14H2,1H3,(H,15,17). The largest absolute Gasteiger partial charge is 0.497 e. The van der Waals surface area contributed by atoms with Gasteiger partial charge < -0.3 is 20.9 Å². The molecule has 0 aliphatic rings. The number of benzene rings is 1. The van der Waals surface area contributed by atoms with Gasteiger partial charge in [-0.3, -0.25) is 4.79 Å². The second-order valence-electron chi connectivity index (χ2n) is 3.94. The van der Waals surface area contributed by atoms with Crippen molar-refractivity contribution in [3.63, 3.8) is 0 Å². The van der Waals surface area contributed by atoms with Gasteiger partial charge in [-0.2, -0.15) is 11.8 Å². The summed E-state index contributed by atoms with van der Waals surface area (Å²) in [7, 11) is 1.54. The second kappa shape index (κ2) is 8.66. The number of rotatable bonds is 8. The van der Waals surface area contributed by atoms with Crippen LogP contribution in [0.1, 0.15) is 16.8 Å². The molecule has 5 nitrogen and oxygen atoms in total.